The Morgan fingerprint density at radius 2 is 2.27 bits per heavy atom. The van der Waals surface area contributed by atoms with E-state index in [2.05, 4.69) is 16.8 Å². The fraction of sp³-hybridized carbons (Fsp3) is 0.182. The first kappa shape index (κ1) is 10.4. The van der Waals surface area contributed by atoms with E-state index in [1.165, 1.54) is 4.88 Å². The van der Waals surface area contributed by atoms with E-state index in [1.807, 2.05) is 22.9 Å². The Hall–Kier alpha value is -1.13. The predicted octanol–water partition coefficient (Wildman–Crippen LogP) is 2.78. The molecule has 0 aliphatic heterocycles. The largest absolute Gasteiger partial charge is 0.352 e. The van der Waals surface area contributed by atoms with E-state index < -0.39 is 0 Å². The fourth-order valence-corrected chi connectivity index (χ4v) is 2.59. The van der Waals surface area contributed by atoms with Crippen molar-refractivity contribution in [2.45, 2.75) is 6.42 Å². The average Bonchev–Trinajstić information content (AvgIpc) is 2.90. The smallest absolute Gasteiger partial charge is 0.252 e. The molecule has 1 amide bonds. The number of amides is 1. The molecular formula is C11H11NOS2. The lowest BCUT2D eigenvalue weighted by Gasteiger charge is -2.01. The number of hydrogen-bond acceptors (Lipinski definition) is 3. The molecule has 0 saturated carbocycles. The maximum absolute atomic E-state index is 11.5. The summed E-state index contributed by atoms with van der Waals surface area (Å²) in [5, 5.41) is 8.72. The molecular weight excluding hydrogens is 226 g/mol. The fourth-order valence-electron chi connectivity index (χ4n) is 1.25. The van der Waals surface area contributed by atoms with E-state index >= 15 is 0 Å². The second-order valence-corrected chi connectivity index (χ2v) is 4.91. The number of carbonyl (C=O) groups excluding carboxylic acids is 1. The van der Waals surface area contributed by atoms with Gasteiger partial charge >= 0.3 is 0 Å². The molecule has 0 aliphatic carbocycles. The van der Waals surface area contributed by atoms with Crippen LogP contribution in [0.5, 0.6) is 0 Å². The van der Waals surface area contributed by atoms with Crippen LogP contribution in [0, 0.1) is 0 Å². The zero-order chi connectivity index (χ0) is 10.5. The Balaban J connectivity index is 1.77. The van der Waals surface area contributed by atoms with E-state index in [0.29, 0.717) is 6.54 Å². The van der Waals surface area contributed by atoms with Crippen LogP contribution >= 0.6 is 22.7 Å². The molecule has 78 valence electrons. The van der Waals surface area contributed by atoms with Crippen molar-refractivity contribution in [3.63, 3.8) is 0 Å². The van der Waals surface area contributed by atoms with Crippen LogP contribution in [-0.2, 0) is 6.42 Å². The first-order valence-electron chi connectivity index (χ1n) is 4.69. The Kier molecular flexibility index (Phi) is 3.53. The van der Waals surface area contributed by atoms with Crippen molar-refractivity contribution in [1.29, 1.82) is 0 Å². The molecule has 0 atom stereocenters. The summed E-state index contributed by atoms with van der Waals surface area (Å²) in [6.07, 6.45) is 0.910. The van der Waals surface area contributed by atoms with Gasteiger partial charge in [0.1, 0.15) is 0 Å². The van der Waals surface area contributed by atoms with Crippen LogP contribution in [0.2, 0.25) is 0 Å². The molecule has 2 nitrogen and oxygen atoms in total. The topological polar surface area (TPSA) is 29.1 Å². The summed E-state index contributed by atoms with van der Waals surface area (Å²) in [7, 11) is 0. The molecule has 0 aromatic carbocycles. The van der Waals surface area contributed by atoms with Gasteiger partial charge in [-0.1, -0.05) is 6.07 Å². The van der Waals surface area contributed by atoms with E-state index in [9.17, 15) is 4.79 Å². The highest BCUT2D eigenvalue weighted by molar-refractivity contribution is 7.09. The van der Waals surface area contributed by atoms with Crippen LogP contribution < -0.4 is 5.32 Å². The minimum absolute atomic E-state index is 0.0211. The molecule has 15 heavy (non-hydrogen) atoms. The maximum atomic E-state index is 11.5. The molecule has 0 saturated heterocycles. The van der Waals surface area contributed by atoms with Crippen molar-refractivity contribution >= 4 is 28.6 Å². The second-order valence-electron chi connectivity index (χ2n) is 3.10. The summed E-state index contributed by atoms with van der Waals surface area (Å²) < 4.78 is 0. The van der Waals surface area contributed by atoms with Gasteiger partial charge in [-0.2, -0.15) is 11.3 Å². The standard InChI is InChI=1S/C11H11NOS2/c13-11(9-4-7-14-8-9)12-5-3-10-2-1-6-15-10/h1-2,4,6-8H,3,5H2,(H,12,13). The molecule has 4 heteroatoms. The first-order chi connectivity index (χ1) is 7.36. The number of rotatable bonds is 4. The quantitative estimate of drug-likeness (QED) is 0.870. The third-order valence-electron chi connectivity index (χ3n) is 2.02. The average molecular weight is 237 g/mol. The zero-order valence-corrected chi connectivity index (χ0v) is 9.74. The molecule has 2 aromatic rings. The molecule has 0 spiro atoms. The third-order valence-corrected chi connectivity index (χ3v) is 3.64. The number of nitrogens with one attached hydrogen (secondary N) is 1. The van der Waals surface area contributed by atoms with Gasteiger partial charge in [-0.15, -0.1) is 11.3 Å². The van der Waals surface area contributed by atoms with Crippen LogP contribution in [-0.4, -0.2) is 12.5 Å². The highest BCUT2D eigenvalue weighted by atomic mass is 32.1. The molecule has 0 unspecified atom stereocenters. The highest BCUT2D eigenvalue weighted by Gasteiger charge is 2.04. The Bertz CT molecular complexity index is 406. The highest BCUT2D eigenvalue weighted by Crippen LogP contribution is 2.09. The van der Waals surface area contributed by atoms with Gasteiger partial charge in [0.2, 0.25) is 0 Å². The zero-order valence-electron chi connectivity index (χ0n) is 8.10. The van der Waals surface area contributed by atoms with E-state index in [0.717, 1.165) is 12.0 Å². The summed E-state index contributed by atoms with van der Waals surface area (Å²) in [4.78, 5) is 12.8. The Morgan fingerprint density at radius 1 is 1.33 bits per heavy atom. The molecule has 0 bridgehead atoms. The van der Waals surface area contributed by atoms with Gasteiger partial charge in [0, 0.05) is 22.4 Å². The lowest BCUT2D eigenvalue weighted by atomic mass is 10.3. The van der Waals surface area contributed by atoms with Crippen molar-refractivity contribution in [2.75, 3.05) is 6.54 Å². The second kappa shape index (κ2) is 5.09. The van der Waals surface area contributed by atoms with Gasteiger partial charge in [0.15, 0.2) is 0 Å². The normalized spacial score (nSPS) is 10.1. The molecule has 1 N–H and O–H groups in total. The van der Waals surface area contributed by atoms with Gasteiger partial charge in [-0.3, -0.25) is 4.79 Å². The molecule has 0 aliphatic rings. The molecule has 0 fully saturated rings. The number of thiophene rings is 2. The minimum atomic E-state index is 0.0211. The minimum Gasteiger partial charge on any atom is -0.352 e. The van der Waals surface area contributed by atoms with Crippen LogP contribution in [0.25, 0.3) is 0 Å². The SMILES string of the molecule is O=C(NCCc1cccs1)c1ccsc1. The van der Waals surface area contributed by atoms with Gasteiger partial charge in [-0.05, 0) is 29.3 Å². The number of hydrogen-bond donors (Lipinski definition) is 1. The molecule has 0 radical (unpaired) electrons. The van der Waals surface area contributed by atoms with Crippen molar-refractivity contribution in [2.24, 2.45) is 0 Å². The van der Waals surface area contributed by atoms with Gasteiger partial charge in [-0.25, -0.2) is 0 Å². The lowest BCUT2D eigenvalue weighted by molar-refractivity contribution is 0.0954. The summed E-state index contributed by atoms with van der Waals surface area (Å²) in [6.45, 7) is 0.704. The van der Waals surface area contributed by atoms with Crippen molar-refractivity contribution in [3.05, 3.63) is 44.8 Å². The lowest BCUT2D eigenvalue weighted by Crippen LogP contribution is -2.24. The van der Waals surface area contributed by atoms with Crippen LogP contribution in [0.4, 0.5) is 0 Å². The summed E-state index contributed by atoms with van der Waals surface area (Å²) >= 11 is 3.26. The van der Waals surface area contributed by atoms with E-state index in [1.54, 1.807) is 22.7 Å². The third kappa shape index (κ3) is 2.91. The van der Waals surface area contributed by atoms with Crippen molar-refractivity contribution in [3.8, 4) is 0 Å². The molecule has 2 rings (SSSR count). The maximum Gasteiger partial charge on any atom is 0.252 e. The first-order valence-corrected chi connectivity index (χ1v) is 6.51. The van der Waals surface area contributed by atoms with Gasteiger partial charge < -0.3 is 5.32 Å². The Morgan fingerprint density at radius 3 is 2.93 bits per heavy atom. The Labute approximate surface area is 96.6 Å². The van der Waals surface area contributed by atoms with Gasteiger partial charge in [0.05, 0.1) is 0 Å². The molecule has 2 aromatic heterocycles. The van der Waals surface area contributed by atoms with Crippen LogP contribution in [0.1, 0.15) is 15.2 Å². The number of carbonyl (C=O) groups is 1. The molecule has 2 heterocycles. The summed E-state index contributed by atoms with van der Waals surface area (Å²) in [6, 6.07) is 5.95. The van der Waals surface area contributed by atoms with E-state index in [4.69, 9.17) is 0 Å². The predicted molar refractivity (Wildman–Crippen MR) is 64.7 cm³/mol. The van der Waals surface area contributed by atoms with Crippen molar-refractivity contribution in [1.82, 2.24) is 5.32 Å². The van der Waals surface area contributed by atoms with E-state index in [-0.39, 0.29) is 5.91 Å². The monoisotopic (exact) mass is 237 g/mol. The summed E-state index contributed by atoms with van der Waals surface area (Å²) in [5.74, 6) is 0.0211. The summed E-state index contributed by atoms with van der Waals surface area (Å²) in [5.41, 5.74) is 0.756. The van der Waals surface area contributed by atoms with Crippen LogP contribution in [0.3, 0.4) is 0 Å². The van der Waals surface area contributed by atoms with Crippen LogP contribution in [0.15, 0.2) is 34.3 Å². The van der Waals surface area contributed by atoms with Gasteiger partial charge in [0.25, 0.3) is 5.91 Å². The van der Waals surface area contributed by atoms with Crippen molar-refractivity contribution < 1.29 is 4.79 Å².